The van der Waals surface area contributed by atoms with Gasteiger partial charge in [0.05, 0.1) is 19.0 Å². The van der Waals surface area contributed by atoms with Crippen molar-refractivity contribution >= 4 is 26.7 Å². The van der Waals surface area contributed by atoms with Gasteiger partial charge < -0.3 is 4.74 Å². The van der Waals surface area contributed by atoms with Gasteiger partial charge in [0.2, 0.25) is 0 Å². The van der Waals surface area contributed by atoms with Crippen LogP contribution in [0.25, 0.3) is 22.3 Å². The number of aromatic nitrogens is 3. The van der Waals surface area contributed by atoms with Crippen molar-refractivity contribution in [2.75, 3.05) is 11.8 Å². The van der Waals surface area contributed by atoms with Gasteiger partial charge in [-0.3, -0.25) is 9.82 Å². The molecule has 4 aromatic rings. The fraction of sp³-hybridized carbons (Fsp3) is 0.0526. The molecule has 0 spiro atoms. The molecule has 0 unspecified atom stereocenters. The lowest BCUT2D eigenvalue weighted by Crippen LogP contribution is -2.14. The summed E-state index contributed by atoms with van der Waals surface area (Å²) in [5.41, 5.74) is 2.47. The first-order valence-corrected chi connectivity index (χ1v) is 9.71. The smallest absolute Gasteiger partial charge is 0.264 e. The predicted octanol–water partition coefficient (Wildman–Crippen LogP) is 3.57. The summed E-state index contributed by atoms with van der Waals surface area (Å²) in [6.45, 7) is 0. The minimum atomic E-state index is -4.11. The number of pyridine rings is 1. The predicted molar refractivity (Wildman–Crippen MR) is 103 cm³/mol. The summed E-state index contributed by atoms with van der Waals surface area (Å²) < 4.78 is 46.4. The SMILES string of the molecule is COc1ccc(F)c(S(=O)(=O)Nc2ccc(-c3ccc4cn[nH]c4n3)cc2)c1. The van der Waals surface area contributed by atoms with Gasteiger partial charge >= 0.3 is 0 Å². The molecule has 0 atom stereocenters. The Hall–Kier alpha value is -3.46. The quantitative estimate of drug-likeness (QED) is 0.536. The third-order valence-electron chi connectivity index (χ3n) is 4.16. The molecule has 0 aliphatic rings. The van der Waals surface area contributed by atoms with E-state index in [9.17, 15) is 12.8 Å². The Labute approximate surface area is 160 Å². The number of ether oxygens (including phenoxy) is 1. The van der Waals surface area contributed by atoms with Gasteiger partial charge in [0, 0.05) is 22.7 Å². The van der Waals surface area contributed by atoms with Crippen LogP contribution in [0.1, 0.15) is 0 Å². The number of anilines is 1. The zero-order valence-electron chi connectivity index (χ0n) is 14.7. The zero-order valence-corrected chi connectivity index (χ0v) is 15.5. The van der Waals surface area contributed by atoms with E-state index in [-0.39, 0.29) is 5.75 Å². The van der Waals surface area contributed by atoms with Crippen molar-refractivity contribution in [3.8, 4) is 17.0 Å². The first-order valence-electron chi connectivity index (χ1n) is 8.23. The Bertz CT molecular complexity index is 1250. The minimum absolute atomic E-state index is 0.248. The van der Waals surface area contributed by atoms with E-state index in [0.717, 1.165) is 23.1 Å². The van der Waals surface area contributed by atoms with Gasteiger partial charge in [-0.25, -0.2) is 17.8 Å². The number of halogens is 1. The van der Waals surface area contributed by atoms with E-state index in [2.05, 4.69) is 19.9 Å². The van der Waals surface area contributed by atoms with Crippen LogP contribution in [0.15, 0.2) is 65.7 Å². The first kappa shape index (κ1) is 17.9. The summed E-state index contributed by atoms with van der Waals surface area (Å²) in [6, 6.07) is 13.9. The van der Waals surface area contributed by atoms with E-state index in [4.69, 9.17) is 4.74 Å². The standard InChI is InChI=1S/C19H15FN4O3S/c1-27-15-7-8-16(20)18(10-15)28(25,26)24-14-5-2-12(3-6-14)17-9-4-13-11-21-23-19(13)22-17/h2-11,24H,1H3,(H,21,22,23). The fourth-order valence-corrected chi connectivity index (χ4v) is 3.88. The first-order chi connectivity index (χ1) is 13.5. The maximum atomic E-state index is 14.0. The third-order valence-corrected chi connectivity index (χ3v) is 5.56. The Kier molecular flexibility index (Phi) is 4.44. The van der Waals surface area contributed by atoms with Crippen LogP contribution in [0.4, 0.5) is 10.1 Å². The Balaban J connectivity index is 1.60. The van der Waals surface area contributed by atoms with Crippen LogP contribution in [0.5, 0.6) is 5.75 Å². The van der Waals surface area contributed by atoms with Crippen LogP contribution in [0.3, 0.4) is 0 Å². The number of rotatable bonds is 5. The Morgan fingerprint density at radius 3 is 2.61 bits per heavy atom. The molecule has 0 saturated heterocycles. The second kappa shape index (κ2) is 6.93. The van der Waals surface area contributed by atoms with Crippen LogP contribution in [-0.2, 0) is 10.0 Å². The molecule has 0 aliphatic heterocycles. The van der Waals surface area contributed by atoms with Gasteiger partial charge in [-0.2, -0.15) is 5.10 Å². The molecular formula is C19H15FN4O3S. The number of fused-ring (bicyclic) bond motifs is 1. The normalized spacial score (nSPS) is 11.5. The van der Waals surface area contributed by atoms with Crippen molar-refractivity contribution < 1.29 is 17.5 Å². The molecule has 0 saturated carbocycles. The molecule has 2 aromatic carbocycles. The summed E-state index contributed by atoms with van der Waals surface area (Å²) in [6.07, 6.45) is 1.68. The number of benzene rings is 2. The van der Waals surface area contributed by atoms with E-state index in [0.29, 0.717) is 17.0 Å². The molecule has 142 valence electrons. The van der Waals surface area contributed by atoms with Crippen molar-refractivity contribution in [3.05, 3.63) is 66.6 Å². The van der Waals surface area contributed by atoms with Gasteiger partial charge in [0.15, 0.2) is 5.65 Å². The van der Waals surface area contributed by atoms with Gasteiger partial charge in [-0.15, -0.1) is 0 Å². The number of methoxy groups -OCH3 is 1. The fourth-order valence-electron chi connectivity index (χ4n) is 2.72. The number of sulfonamides is 1. The number of nitrogens with one attached hydrogen (secondary N) is 2. The van der Waals surface area contributed by atoms with E-state index >= 15 is 0 Å². The molecule has 9 heteroatoms. The molecule has 0 radical (unpaired) electrons. The van der Waals surface area contributed by atoms with E-state index in [1.54, 1.807) is 30.5 Å². The van der Waals surface area contributed by atoms with Crippen LogP contribution in [-0.4, -0.2) is 30.7 Å². The summed E-state index contributed by atoms with van der Waals surface area (Å²) >= 11 is 0. The van der Waals surface area contributed by atoms with Crippen LogP contribution in [0.2, 0.25) is 0 Å². The molecule has 2 aromatic heterocycles. The number of aromatic amines is 1. The zero-order chi connectivity index (χ0) is 19.7. The Morgan fingerprint density at radius 2 is 1.86 bits per heavy atom. The van der Waals surface area contributed by atoms with Crippen molar-refractivity contribution in [3.63, 3.8) is 0 Å². The minimum Gasteiger partial charge on any atom is -0.497 e. The molecule has 0 fully saturated rings. The van der Waals surface area contributed by atoms with Crippen LogP contribution < -0.4 is 9.46 Å². The summed E-state index contributed by atoms with van der Waals surface area (Å²) in [5, 5.41) is 7.64. The molecule has 2 N–H and O–H groups in total. The number of hydrogen-bond acceptors (Lipinski definition) is 5. The van der Waals surface area contributed by atoms with Gasteiger partial charge in [-0.1, -0.05) is 12.1 Å². The monoisotopic (exact) mass is 398 g/mol. The maximum absolute atomic E-state index is 14.0. The van der Waals surface area contributed by atoms with Crippen LogP contribution in [0, 0.1) is 5.82 Å². The second-order valence-electron chi connectivity index (χ2n) is 5.98. The maximum Gasteiger partial charge on any atom is 0.264 e. The lowest BCUT2D eigenvalue weighted by Gasteiger charge is -2.11. The topological polar surface area (TPSA) is 97.0 Å². The highest BCUT2D eigenvalue weighted by Gasteiger charge is 2.20. The highest BCUT2D eigenvalue weighted by Crippen LogP contribution is 2.25. The summed E-state index contributed by atoms with van der Waals surface area (Å²) in [7, 11) is -2.73. The third kappa shape index (κ3) is 3.39. The molecule has 0 aliphatic carbocycles. The van der Waals surface area contributed by atoms with Crippen molar-refractivity contribution in [1.29, 1.82) is 0 Å². The lowest BCUT2D eigenvalue weighted by molar-refractivity contribution is 0.411. The molecule has 2 heterocycles. The molecule has 28 heavy (non-hydrogen) atoms. The molecule has 4 rings (SSSR count). The highest BCUT2D eigenvalue weighted by atomic mass is 32.2. The lowest BCUT2D eigenvalue weighted by atomic mass is 10.1. The van der Waals surface area contributed by atoms with Crippen LogP contribution >= 0.6 is 0 Å². The van der Waals surface area contributed by atoms with Crippen molar-refractivity contribution in [1.82, 2.24) is 15.2 Å². The van der Waals surface area contributed by atoms with Gasteiger partial charge in [0.25, 0.3) is 10.0 Å². The second-order valence-corrected chi connectivity index (χ2v) is 7.63. The number of H-pyrrole nitrogens is 1. The Morgan fingerprint density at radius 1 is 1.07 bits per heavy atom. The highest BCUT2D eigenvalue weighted by molar-refractivity contribution is 7.92. The van der Waals surface area contributed by atoms with E-state index in [1.165, 1.54) is 13.2 Å². The van der Waals surface area contributed by atoms with Gasteiger partial charge in [0.1, 0.15) is 16.5 Å². The number of nitrogens with zero attached hydrogens (tertiary/aromatic N) is 2. The molecule has 7 nitrogen and oxygen atoms in total. The van der Waals surface area contributed by atoms with Gasteiger partial charge in [-0.05, 0) is 36.4 Å². The van der Waals surface area contributed by atoms with E-state index < -0.39 is 20.7 Å². The van der Waals surface area contributed by atoms with Crippen molar-refractivity contribution in [2.45, 2.75) is 4.90 Å². The van der Waals surface area contributed by atoms with E-state index in [1.807, 2.05) is 12.1 Å². The van der Waals surface area contributed by atoms with Crippen molar-refractivity contribution in [2.24, 2.45) is 0 Å². The average molecular weight is 398 g/mol. The number of hydrogen-bond donors (Lipinski definition) is 2. The largest absolute Gasteiger partial charge is 0.497 e. The average Bonchev–Trinajstić information content (AvgIpc) is 3.16. The molecule has 0 bridgehead atoms. The summed E-state index contributed by atoms with van der Waals surface area (Å²) in [5.74, 6) is -0.612. The summed E-state index contributed by atoms with van der Waals surface area (Å²) in [4.78, 5) is 3.98. The molecular weight excluding hydrogens is 383 g/mol. The molecule has 0 amide bonds.